The number of nitrogens with zero attached hydrogens (tertiary/aromatic N) is 1. The molecule has 174 valence electrons. The van der Waals surface area contributed by atoms with Gasteiger partial charge in [0.1, 0.15) is 11.9 Å². The van der Waals surface area contributed by atoms with Gasteiger partial charge in [0.25, 0.3) is 11.8 Å². The number of ether oxygens (including phenoxy) is 2. The maximum Gasteiger partial charge on any atom is 0.338 e. The van der Waals surface area contributed by atoms with Crippen LogP contribution in [-0.4, -0.2) is 30.5 Å². The van der Waals surface area contributed by atoms with Crippen molar-refractivity contribution in [2.75, 3.05) is 11.5 Å². The van der Waals surface area contributed by atoms with Gasteiger partial charge in [-0.05, 0) is 80.0 Å². The number of amides is 2. The first-order chi connectivity index (χ1) is 15.8. The van der Waals surface area contributed by atoms with Crippen LogP contribution in [0, 0.1) is 17.8 Å². The van der Waals surface area contributed by atoms with Crippen LogP contribution >= 0.6 is 0 Å². The highest BCUT2D eigenvalue weighted by Gasteiger charge is 2.38. The van der Waals surface area contributed by atoms with Crippen LogP contribution in [0.5, 0.6) is 5.75 Å². The topological polar surface area (TPSA) is 72.9 Å². The van der Waals surface area contributed by atoms with Crippen molar-refractivity contribution in [1.29, 1.82) is 0 Å². The summed E-state index contributed by atoms with van der Waals surface area (Å²) in [6.45, 7) is 8.93. The van der Waals surface area contributed by atoms with E-state index in [1.807, 2.05) is 6.92 Å². The molecule has 3 atom stereocenters. The summed E-state index contributed by atoms with van der Waals surface area (Å²) < 4.78 is 11.4. The van der Waals surface area contributed by atoms with E-state index >= 15 is 0 Å². The van der Waals surface area contributed by atoms with E-state index < -0.39 is 17.8 Å². The van der Waals surface area contributed by atoms with Crippen LogP contribution in [0.15, 0.2) is 42.5 Å². The lowest BCUT2D eigenvalue weighted by atomic mass is 9.75. The number of fused-ring (bicyclic) bond motifs is 1. The van der Waals surface area contributed by atoms with E-state index in [-0.39, 0.29) is 17.2 Å². The summed E-state index contributed by atoms with van der Waals surface area (Å²) in [6, 6.07) is 11.4. The highest BCUT2D eigenvalue weighted by molar-refractivity contribution is 6.34. The first kappa shape index (κ1) is 23.0. The predicted molar refractivity (Wildman–Crippen MR) is 126 cm³/mol. The third-order valence-electron chi connectivity index (χ3n) is 6.75. The van der Waals surface area contributed by atoms with Crippen molar-refractivity contribution in [3.63, 3.8) is 0 Å². The molecule has 2 aliphatic rings. The minimum absolute atomic E-state index is 0.132. The van der Waals surface area contributed by atoms with Gasteiger partial charge in [0.05, 0.1) is 29.0 Å². The summed E-state index contributed by atoms with van der Waals surface area (Å²) in [5.74, 6) is 0.650. The first-order valence-electron chi connectivity index (χ1n) is 11.8. The van der Waals surface area contributed by atoms with Crippen LogP contribution in [0.2, 0.25) is 0 Å². The van der Waals surface area contributed by atoms with Crippen molar-refractivity contribution in [3.8, 4) is 5.75 Å². The van der Waals surface area contributed by atoms with Crippen molar-refractivity contribution in [2.24, 2.45) is 17.8 Å². The molecule has 1 saturated carbocycles. The van der Waals surface area contributed by atoms with Crippen LogP contribution in [-0.2, 0) is 4.74 Å². The number of hydrogen-bond donors (Lipinski definition) is 0. The molecule has 2 amide bonds. The van der Waals surface area contributed by atoms with E-state index in [9.17, 15) is 14.4 Å². The zero-order valence-electron chi connectivity index (χ0n) is 19.7. The number of rotatable bonds is 6. The quantitative estimate of drug-likeness (QED) is 0.430. The summed E-state index contributed by atoms with van der Waals surface area (Å²) in [5.41, 5.74) is 1.27. The maximum atomic E-state index is 13.1. The molecule has 33 heavy (non-hydrogen) atoms. The second-order valence-electron chi connectivity index (χ2n) is 9.40. The minimum atomic E-state index is -0.444. The van der Waals surface area contributed by atoms with E-state index in [1.165, 1.54) is 6.07 Å². The molecule has 6 heteroatoms. The Morgan fingerprint density at radius 2 is 1.73 bits per heavy atom. The predicted octanol–water partition coefficient (Wildman–Crippen LogP) is 5.50. The summed E-state index contributed by atoms with van der Waals surface area (Å²) >= 11 is 0. The molecule has 0 N–H and O–H groups in total. The molecule has 0 radical (unpaired) electrons. The summed E-state index contributed by atoms with van der Waals surface area (Å²) in [4.78, 5) is 40.1. The number of carbonyl (C=O) groups is 3. The second-order valence-corrected chi connectivity index (χ2v) is 9.40. The first-order valence-corrected chi connectivity index (χ1v) is 11.8. The molecule has 0 aromatic heterocycles. The number of imide groups is 1. The Labute approximate surface area is 194 Å². The molecule has 4 rings (SSSR count). The van der Waals surface area contributed by atoms with Gasteiger partial charge in [-0.2, -0.15) is 0 Å². The lowest BCUT2D eigenvalue weighted by Crippen LogP contribution is -2.35. The smallest absolute Gasteiger partial charge is 0.338 e. The SMILES string of the molecule is CCOc1ccc(N2C(=O)c3ccc(C(=O)O[C@@H]4C[C@@H](C)CC[C@@H]4C(C)C)cc3C2=O)cc1. The standard InChI is InChI=1S/C27H31NO5/c1-5-32-20-10-8-19(9-11-20)28-25(29)22-13-7-18(15-23(22)26(28)30)27(31)33-24-14-17(4)6-12-21(24)16(2)3/h7-11,13,15-17,21,24H,5-6,12,14H2,1-4H3/t17-,21+,24+/m0/s1. The van der Waals surface area contributed by atoms with Crippen LogP contribution in [0.4, 0.5) is 5.69 Å². The highest BCUT2D eigenvalue weighted by Crippen LogP contribution is 2.36. The van der Waals surface area contributed by atoms with Gasteiger partial charge in [-0.3, -0.25) is 9.59 Å². The Bertz CT molecular complexity index is 1060. The summed E-state index contributed by atoms with van der Waals surface area (Å²) in [6.07, 6.45) is 2.91. The van der Waals surface area contributed by atoms with Gasteiger partial charge in [-0.1, -0.05) is 27.2 Å². The van der Waals surface area contributed by atoms with E-state index in [0.29, 0.717) is 41.4 Å². The Balaban J connectivity index is 1.54. The average molecular weight is 450 g/mol. The largest absolute Gasteiger partial charge is 0.494 e. The van der Waals surface area contributed by atoms with Crippen molar-refractivity contribution in [2.45, 2.75) is 53.1 Å². The van der Waals surface area contributed by atoms with Crippen molar-refractivity contribution in [3.05, 3.63) is 59.2 Å². The minimum Gasteiger partial charge on any atom is -0.494 e. The number of carbonyl (C=O) groups excluding carboxylic acids is 3. The van der Waals surface area contributed by atoms with Gasteiger partial charge in [0.15, 0.2) is 0 Å². The van der Waals surface area contributed by atoms with E-state index in [2.05, 4.69) is 20.8 Å². The van der Waals surface area contributed by atoms with Crippen LogP contribution < -0.4 is 9.64 Å². The molecule has 0 spiro atoms. The fraction of sp³-hybridized carbons (Fsp3) is 0.444. The highest BCUT2D eigenvalue weighted by atomic mass is 16.5. The number of benzene rings is 2. The van der Waals surface area contributed by atoms with Crippen LogP contribution in [0.25, 0.3) is 0 Å². The molecular formula is C27H31NO5. The fourth-order valence-electron chi connectivity index (χ4n) is 4.92. The number of esters is 1. The number of hydrogen-bond acceptors (Lipinski definition) is 5. The molecule has 1 fully saturated rings. The third-order valence-corrected chi connectivity index (χ3v) is 6.75. The van der Waals surface area contributed by atoms with Crippen molar-refractivity contribution < 1.29 is 23.9 Å². The molecule has 0 saturated heterocycles. The molecule has 0 bridgehead atoms. The normalized spacial score (nSPS) is 22.5. The summed E-state index contributed by atoms with van der Waals surface area (Å²) in [5, 5.41) is 0. The summed E-state index contributed by atoms with van der Waals surface area (Å²) in [7, 11) is 0. The molecule has 6 nitrogen and oxygen atoms in total. The van der Waals surface area contributed by atoms with Crippen LogP contribution in [0.1, 0.15) is 78.0 Å². The van der Waals surface area contributed by atoms with Gasteiger partial charge in [-0.15, -0.1) is 0 Å². The molecule has 1 heterocycles. The molecular weight excluding hydrogens is 418 g/mol. The maximum absolute atomic E-state index is 13.1. The van der Waals surface area contributed by atoms with Gasteiger partial charge in [0.2, 0.25) is 0 Å². The van der Waals surface area contributed by atoms with E-state index in [1.54, 1.807) is 36.4 Å². The number of anilines is 1. The van der Waals surface area contributed by atoms with Gasteiger partial charge < -0.3 is 9.47 Å². The lowest BCUT2D eigenvalue weighted by Gasteiger charge is -2.36. The Morgan fingerprint density at radius 1 is 1.03 bits per heavy atom. The van der Waals surface area contributed by atoms with Crippen molar-refractivity contribution in [1.82, 2.24) is 0 Å². The second kappa shape index (κ2) is 9.38. The monoisotopic (exact) mass is 449 g/mol. The Morgan fingerprint density at radius 3 is 2.39 bits per heavy atom. The Hall–Kier alpha value is -3.15. The van der Waals surface area contributed by atoms with E-state index in [4.69, 9.17) is 9.47 Å². The zero-order valence-corrected chi connectivity index (χ0v) is 19.7. The Kier molecular flexibility index (Phi) is 6.54. The van der Waals surface area contributed by atoms with Crippen molar-refractivity contribution >= 4 is 23.5 Å². The fourth-order valence-corrected chi connectivity index (χ4v) is 4.92. The van der Waals surface area contributed by atoms with Gasteiger partial charge in [-0.25, -0.2) is 9.69 Å². The average Bonchev–Trinajstić information content (AvgIpc) is 3.04. The molecule has 2 aromatic rings. The lowest BCUT2D eigenvalue weighted by molar-refractivity contribution is -0.0174. The third kappa shape index (κ3) is 4.52. The molecule has 0 unspecified atom stereocenters. The van der Waals surface area contributed by atoms with E-state index in [0.717, 1.165) is 24.2 Å². The molecule has 2 aromatic carbocycles. The van der Waals surface area contributed by atoms with Crippen LogP contribution in [0.3, 0.4) is 0 Å². The zero-order chi connectivity index (χ0) is 23.7. The molecule has 1 aliphatic carbocycles. The van der Waals surface area contributed by atoms with Gasteiger partial charge in [0, 0.05) is 0 Å². The van der Waals surface area contributed by atoms with Gasteiger partial charge >= 0.3 is 5.97 Å². The molecule has 1 aliphatic heterocycles.